The predicted molar refractivity (Wildman–Crippen MR) is 121 cm³/mol. The van der Waals surface area contributed by atoms with E-state index in [2.05, 4.69) is 43.8 Å². The zero-order chi connectivity index (χ0) is 21.9. The van der Waals surface area contributed by atoms with Gasteiger partial charge in [0.25, 0.3) is 0 Å². The van der Waals surface area contributed by atoms with Crippen LogP contribution in [0.25, 0.3) is 11.4 Å². The molecule has 0 amide bonds. The Balaban J connectivity index is 1.18. The molecule has 3 aromatic rings. The number of aromatic nitrogens is 6. The van der Waals surface area contributed by atoms with Crippen LogP contribution in [0.4, 0.5) is 5.95 Å². The molecule has 0 spiro atoms. The molecule has 5 rings (SSSR count). The van der Waals surface area contributed by atoms with Crippen molar-refractivity contribution < 1.29 is 4.74 Å². The van der Waals surface area contributed by atoms with E-state index in [1.54, 1.807) is 12.4 Å². The average molecular weight is 435 g/mol. The van der Waals surface area contributed by atoms with Gasteiger partial charge >= 0.3 is 0 Å². The molecule has 2 aliphatic rings. The molecular formula is C23H30N8O. The van der Waals surface area contributed by atoms with Crippen molar-refractivity contribution in [3.05, 3.63) is 48.3 Å². The molecule has 2 saturated heterocycles. The van der Waals surface area contributed by atoms with Crippen molar-refractivity contribution in [2.75, 3.05) is 31.1 Å². The standard InChI is InChI=1S/C23H30N8O/c1-16-13-31(14-17(2)32-16)23-25-9-5-20(26-23)15-30-10-6-18(7-11-30)21-27-22(29-28-21)19-4-3-8-24-12-19/h3-5,8-9,12,16-18H,6-7,10-11,13-15H2,1-2H3,(H,27,28,29)/t16-,17-/m1/s1. The Morgan fingerprint density at radius 1 is 1.06 bits per heavy atom. The number of aromatic amines is 1. The maximum absolute atomic E-state index is 5.84. The van der Waals surface area contributed by atoms with Gasteiger partial charge in [-0.15, -0.1) is 0 Å². The molecule has 0 bridgehead atoms. The Morgan fingerprint density at radius 2 is 1.88 bits per heavy atom. The molecule has 0 radical (unpaired) electrons. The highest BCUT2D eigenvalue weighted by molar-refractivity contribution is 5.52. The number of rotatable bonds is 5. The number of H-pyrrole nitrogens is 1. The molecule has 2 fully saturated rings. The second-order valence-electron chi connectivity index (χ2n) is 8.85. The first-order valence-electron chi connectivity index (χ1n) is 11.4. The molecule has 9 heteroatoms. The van der Waals surface area contributed by atoms with Crippen LogP contribution in [0.5, 0.6) is 0 Å². The van der Waals surface area contributed by atoms with E-state index in [-0.39, 0.29) is 12.2 Å². The molecule has 5 heterocycles. The van der Waals surface area contributed by atoms with Gasteiger partial charge in [0.1, 0.15) is 5.82 Å². The Bertz CT molecular complexity index is 1010. The number of likely N-dealkylation sites (tertiary alicyclic amines) is 1. The van der Waals surface area contributed by atoms with Gasteiger partial charge in [-0.1, -0.05) is 0 Å². The van der Waals surface area contributed by atoms with E-state index >= 15 is 0 Å². The first kappa shape index (κ1) is 21.0. The minimum Gasteiger partial charge on any atom is -0.372 e. The third-order valence-electron chi connectivity index (χ3n) is 6.19. The number of ether oxygens (including phenoxy) is 1. The van der Waals surface area contributed by atoms with Gasteiger partial charge in [-0.2, -0.15) is 5.10 Å². The highest BCUT2D eigenvalue weighted by Gasteiger charge is 2.26. The van der Waals surface area contributed by atoms with Gasteiger partial charge in [-0.3, -0.25) is 15.0 Å². The summed E-state index contributed by atoms with van der Waals surface area (Å²) in [4.78, 5) is 23.0. The number of nitrogens with zero attached hydrogens (tertiary/aromatic N) is 7. The summed E-state index contributed by atoms with van der Waals surface area (Å²) >= 11 is 0. The van der Waals surface area contributed by atoms with Gasteiger partial charge in [-0.25, -0.2) is 15.0 Å². The van der Waals surface area contributed by atoms with Crippen LogP contribution in [-0.2, 0) is 11.3 Å². The van der Waals surface area contributed by atoms with Crippen molar-refractivity contribution in [3.8, 4) is 11.4 Å². The Morgan fingerprint density at radius 3 is 2.62 bits per heavy atom. The van der Waals surface area contributed by atoms with Crippen LogP contribution in [-0.4, -0.2) is 73.4 Å². The van der Waals surface area contributed by atoms with Gasteiger partial charge in [0.05, 0.1) is 17.9 Å². The lowest BCUT2D eigenvalue weighted by Gasteiger charge is -2.35. The quantitative estimate of drug-likeness (QED) is 0.655. The number of nitrogens with one attached hydrogen (secondary N) is 1. The van der Waals surface area contributed by atoms with E-state index in [0.29, 0.717) is 5.92 Å². The third kappa shape index (κ3) is 4.78. The van der Waals surface area contributed by atoms with Crippen molar-refractivity contribution in [2.24, 2.45) is 0 Å². The fourth-order valence-corrected chi connectivity index (χ4v) is 4.64. The van der Waals surface area contributed by atoms with Crippen LogP contribution in [0.3, 0.4) is 0 Å². The van der Waals surface area contributed by atoms with Crippen LogP contribution in [0, 0.1) is 0 Å². The summed E-state index contributed by atoms with van der Waals surface area (Å²) in [6.07, 6.45) is 7.93. The smallest absolute Gasteiger partial charge is 0.225 e. The van der Waals surface area contributed by atoms with E-state index in [9.17, 15) is 0 Å². The van der Waals surface area contributed by atoms with Gasteiger partial charge in [0.2, 0.25) is 5.95 Å². The molecule has 1 N–H and O–H groups in total. The van der Waals surface area contributed by atoms with Gasteiger partial charge < -0.3 is 9.64 Å². The topological polar surface area (TPSA) is 96.0 Å². The second-order valence-corrected chi connectivity index (χ2v) is 8.85. The van der Waals surface area contributed by atoms with Crippen molar-refractivity contribution in [2.45, 2.75) is 51.4 Å². The lowest BCUT2D eigenvalue weighted by Crippen LogP contribution is -2.46. The Hall–Kier alpha value is -2.91. The molecular weight excluding hydrogens is 404 g/mol. The largest absolute Gasteiger partial charge is 0.372 e. The van der Waals surface area contributed by atoms with E-state index in [0.717, 1.165) is 74.4 Å². The molecule has 0 saturated carbocycles. The number of pyridine rings is 1. The number of anilines is 1. The van der Waals surface area contributed by atoms with Crippen LogP contribution >= 0.6 is 0 Å². The van der Waals surface area contributed by atoms with E-state index in [1.807, 2.05) is 24.4 Å². The molecule has 32 heavy (non-hydrogen) atoms. The van der Waals surface area contributed by atoms with Crippen LogP contribution in [0.1, 0.15) is 44.1 Å². The van der Waals surface area contributed by atoms with Crippen molar-refractivity contribution in [3.63, 3.8) is 0 Å². The number of morpholine rings is 1. The van der Waals surface area contributed by atoms with Gasteiger partial charge in [0.15, 0.2) is 5.82 Å². The van der Waals surface area contributed by atoms with Crippen molar-refractivity contribution in [1.29, 1.82) is 0 Å². The lowest BCUT2D eigenvalue weighted by atomic mass is 9.96. The summed E-state index contributed by atoms with van der Waals surface area (Å²) < 4.78 is 5.84. The zero-order valence-corrected chi connectivity index (χ0v) is 18.7. The summed E-state index contributed by atoms with van der Waals surface area (Å²) in [5.41, 5.74) is 2.01. The molecule has 3 aromatic heterocycles. The van der Waals surface area contributed by atoms with Crippen molar-refractivity contribution in [1.82, 2.24) is 35.0 Å². The van der Waals surface area contributed by atoms with Gasteiger partial charge in [-0.05, 0) is 58.0 Å². The average Bonchev–Trinajstić information content (AvgIpc) is 3.30. The zero-order valence-electron chi connectivity index (χ0n) is 18.7. The summed E-state index contributed by atoms with van der Waals surface area (Å²) in [6.45, 7) is 8.73. The van der Waals surface area contributed by atoms with Crippen LogP contribution < -0.4 is 4.90 Å². The monoisotopic (exact) mass is 434 g/mol. The lowest BCUT2D eigenvalue weighted by molar-refractivity contribution is -0.00574. The molecule has 0 aromatic carbocycles. The summed E-state index contributed by atoms with van der Waals surface area (Å²) in [6, 6.07) is 5.92. The highest BCUT2D eigenvalue weighted by Crippen LogP contribution is 2.27. The van der Waals surface area contributed by atoms with Crippen molar-refractivity contribution >= 4 is 5.95 Å². The molecule has 9 nitrogen and oxygen atoms in total. The normalized spacial score (nSPS) is 22.9. The molecule has 2 atom stereocenters. The number of hydrogen-bond donors (Lipinski definition) is 1. The molecule has 0 aliphatic carbocycles. The first-order chi connectivity index (χ1) is 15.6. The fraction of sp³-hybridized carbons (Fsp3) is 0.522. The van der Waals surface area contributed by atoms with E-state index < -0.39 is 0 Å². The molecule has 2 aliphatic heterocycles. The predicted octanol–water partition coefficient (Wildman–Crippen LogP) is 2.65. The maximum atomic E-state index is 5.84. The van der Waals surface area contributed by atoms with E-state index in [4.69, 9.17) is 14.7 Å². The number of hydrogen-bond acceptors (Lipinski definition) is 8. The minimum absolute atomic E-state index is 0.194. The third-order valence-corrected chi connectivity index (χ3v) is 6.19. The highest BCUT2D eigenvalue weighted by atomic mass is 16.5. The summed E-state index contributed by atoms with van der Waals surface area (Å²) in [5.74, 6) is 2.91. The Labute approximate surface area is 188 Å². The summed E-state index contributed by atoms with van der Waals surface area (Å²) in [7, 11) is 0. The second kappa shape index (κ2) is 9.30. The minimum atomic E-state index is 0.194. The SMILES string of the molecule is C[C@@H]1CN(c2nccc(CN3CCC(c4nc(-c5cccnc5)n[nH]4)CC3)n2)C[C@@H](C)O1. The maximum Gasteiger partial charge on any atom is 0.225 e. The first-order valence-corrected chi connectivity index (χ1v) is 11.4. The molecule has 168 valence electrons. The number of piperidine rings is 1. The fourth-order valence-electron chi connectivity index (χ4n) is 4.64. The summed E-state index contributed by atoms with van der Waals surface area (Å²) in [5, 5.41) is 7.54. The molecule has 0 unspecified atom stereocenters. The van der Waals surface area contributed by atoms with Gasteiger partial charge in [0, 0.05) is 49.7 Å². The Kier molecular flexibility index (Phi) is 6.09. The van der Waals surface area contributed by atoms with Crippen LogP contribution in [0.2, 0.25) is 0 Å². The van der Waals surface area contributed by atoms with E-state index in [1.165, 1.54) is 0 Å². The van der Waals surface area contributed by atoms with Crippen LogP contribution in [0.15, 0.2) is 36.8 Å².